The van der Waals surface area contributed by atoms with Crippen LogP contribution in [0.5, 0.6) is 5.75 Å². The van der Waals surface area contributed by atoms with Crippen LogP contribution in [0.15, 0.2) is 36.4 Å². The smallest absolute Gasteiger partial charge is 0.165 e. The van der Waals surface area contributed by atoms with E-state index in [1.165, 1.54) is 31.4 Å². The molecular formula is C15H13ClF2O2. The van der Waals surface area contributed by atoms with Crippen molar-refractivity contribution in [2.75, 3.05) is 7.11 Å². The van der Waals surface area contributed by atoms with Gasteiger partial charge in [0, 0.05) is 11.4 Å². The Morgan fingerprint density at radius 1 is 1.20 bits per heavy atom. The zero-order valence-corrected chi connectivity index (χ0v) is 11.5. The van der Waals surface area contributed by atoms with Gasteiger partial charge in [0.2, 0.25) is 0 Å². The van der Waals surface area contributed by atoms with Crippen molar-refractivity contribution >= 4 is 11.6 Å². The van der Waals surface area contributed by atoms with Gasteiger partial charge in [0.05, 0.1) is 13.2 Å². The predicted molar refractivity (Wildman–Crippen MR) is 73.0 cm³/mol. The third kappa shape index (κ3) is 3.46. The van der Waals surface area contributed by atoms with E-state index in [1.807, 2.05) is 0 Å². The lowest BCUT2D eigenvalue weighted by atomic mass is 10.0. The lowest BCUT2D eigenvalue weighted by Crippen LogP contribution is -2.03. The number of methoxy groups -OCH3 is 1. The fraction of sp³-hybridized carbons (Fsp3) is 0.200. The first-order valence-corrected chi connectivity index (χ1v) is 6.34. The quantitative estimate of drug-likeness (QED) is 0.927. The SMILES string of the molecule is COc1ccc(CC(O)c2cc(F)cc(Cl)c2)cc1F. The van der Waals surface area contributed by atoms with E-state index in [1.54, 1.807) is 6.07 Å². The van der Waals surface area contributed by atoms with E-state index in [0.717, 1.165) is 6.07 Å². The summed E-state index contributed by atoms with van der Waals surface area (Å²) in [6.45, 7) is 0. The van der Waals surface area contributed by atoms with E-state index < -0.39 is 17.7 Å². The molecule has 0 aliphatic rings. The van der Waals surface area contributed by atoms with Gasteiger partial charge in [-0.2, -0.15) is 0 Å². The molecule has 0 aromatic heterocycles. The maximum Gasteiger partial charge on any atom is 0.165 e. The second-order valence-electron chi connectivity index (χ2n) is 4.39. The first-order chi connectivity index (χ1) is 9.49. The highest BCUT2D eigenvalue weighted by atomic mass is 35.5. The van der Waals surface area contributed by atoms with Gasteiger partial charge < -0.3 is 9.84 Å². The molecule has 0 saturated heterocycles. The molecule has 0 aliphatic heterocycles. The van der Waals surface area contributed by atoms with E-state index in [2.05, 4.69) is 0 Å². The Morgan fingerprint density at radius 3 is 2.55 bits per heavy atom. The molecule has 1 unspecified atom stereocenters. The van der Waals surface area contributed by atoms with E-state index in [-0.39, 0.29) is 17.2 Å². The number of aliphatic hydroxyl groups is 1. The Balaban J connectivity index is 2.18. The third-order valence-corrected chi connectivity index (χ3v) is 3.13. The number of halogens is 3. The van der Waals surface area contributed by atoms with Crippen molar-refractivity contribution in [3.63, 3.8) is 0 Å². The number of ether oxygens (including phenoxy) is 1. The van der Waals surface area contributed by atoms with Crippen LogP contribution in [0.4, 0.5) is 8.78 Å². The Bertz CT molecular complexity index is 597. The van der Waals surface area contributed by atoms with Crippen molar-refractivity contribution < 1.29 is 18.6 Å². The standard InChI is InChI=1S/C15H13ClF2O2/c1-20-15-3-2-9(4-13(15)18)5-14(19)10-6-11(16)8-12(17)7-10/h2-4,6-8,14,19H,5H2,1H3. The first-order valence-electron chi connectivity index (χ1n) is 5.96. The molecule has 0 heterocycles. The van der Waals surface area contributed by atoms with Gasteiger partial charge in [0.15, 0.2) is 11.6 Å². The molecule has 0 saturated carbocycles. The minimum atomic E-state index is -0.962. The van der Waals surface area contributed by atoms with Gasteiger partial charge >= 0.3 is 0 Å². The minimum absolute atomic E-state index is 0.136. The van der Waals surface area contributed by atoms with Gasteiger partial charge in [-0.1, -0.05) is 17.7 Å². The third-order valence-electron chi connectivity index (χ3n) is 2.91. The normalized spacial score (nSPS) is 12.2. The van der Waals surface area contributed by atoms with Gasteiger partial charge in [-0.05, 0) is 41.5 Å². The van der Waals surface area contributed by atoms with Crippen LogP contribution in [-0.2, 0) is 6.42 Å². The molecule has 0 amide bonds. The van der Waals surface area contributed by atoms with Gasteiger partial charge in [-0.15, -0.1) is 0 Å². The number of rotatable bonds is 4. The van der Waals surface area contributed by atoms with Crippen LogP contribution < -0.4 is 4.74 Å². The summed E-state index contributed by atoms with van der Waals surface area (Å²) in [6, 6.07) is 8.25. The molecule has 106 valence electrons. The lowest BCUT2D eigenvalue weighted by Gasteiger charge is -2.12. The summed E-state index contributed by atoms with van der Waals surface area (Å²) in [7, 11) is 1.38. The van der Waals surface area contributed by atoms with E-state index >= 15 is 0 Å². The summed E-state index contributed by atoms with van der Waals surface area (Å²) in [5.74, 6) is -0.890. The summed E-state index contributed by atoms with van der Waals surface area (Å²) in [6.07, 6.45) is -0.809. The maximum absolute atomic E-state index is 13.5. The van der Waals surface area contributed by atoms with Crippen LogP contribution in [0, 0.1) is 11.6 Å². The van der Waals surface area contributed by atoms with Crippen molar-refractivity contribution in [3.05, 3.63) is 64.2 Å². The van der Waals surface area contributed by atoms with Crippen molar-refractivity contribution in [3.8, 4) is 5.75 Å². The molecule has 2 aromatic rings. The molecule has 2 rings (SSSR count). The Hall–Kier alpha value is -1.65. The second-order valence-corrected chi connectivity index (χ2v) is 4.83. The van der Waals surface area contributed by atoms with Gasteiger partial charge in [-0.25, -0.2) is 8.78 Å². The summed E-state index contributed by atoms with van der Waals surface area (Å²) in [5, 5.41) is 10.3. The van der Waals surface area contributed by atoms with Crippen LogP contribution in [0.1, 0.15) is 17.2 Å². The van der Waals surface area contributed by atoms with Crippen molar-refractivity contribution in [2.45, 2.75) is 12.5 Å². The molecule has 2 aromatic carbocycles. The molecule has 0 spiro atoms. The van der Waals surface area contributed by atoms with E-state index in [4.69, 9.17) is 16.3 Å². The molecule has 1 atom stereocenters. The monoisotopic (exact) mass is 298 g/mol. The highest BCUT2D eigenvalue weighted by molar-refractivity contribution is 6.30. The molecular weight excluding hydrogens is 286 g/mol. The summed E-state index contributed by atoms with van der Waals surface area (Å²) >= 11 is 5.73. The fourth-order valence-corrected chi connectivity index (χ4v) is 2.18. The number of aliphatic hydroxyl groups excluding tert-OH is 1. The molecule has 0 aliphatic carbocycles. The molecule has 20 heavy (non-hydrogen) atoms. The summed E-state index contributed by atoms with van der Waals surface area (Å²) in [5.41, 5.74) is 0.933. The maximum atomic E-state index is 13.5. The largest absolute Gasteiger partial charge is 0.494 e. The molecule has 0 bridgehead atoms. The van der Waals surface area contributed by atoms with Crippen LogP contribution >= 0.6 is 11.6 Å². The highest BCUT2D eigenvalue weighted by Crippen LogP contribution is 2.25. The second kappa shape index (κ2) is 6.20. The number of hydrogen-bond acceptors (Lipinski definition) is 2. The molecule has 1 N–H and O–H groups in total. The Labute approximate surface area is 120 Å². The predicted octanol–water partition coefficient (Wildman–Crippen LogP) is 3.90. The first kappa shape index (κ1) is 14.8. The summed E-state index contributed by atoms with van der Waals surface area (Å²) in [4.78, 5) is 0. The fourth-order valence-electron chi connectivity index (χ4n) is 1.95. The zero-order chi connectivity index (χ0) is 14.7. The molecule has 0 radical (unpaired) electrons. The van der Waals surface area contributed by atoms with Crippen LogP contribution in [0.2, 0.25) is 5.02 Å². The Morgan fingerprint density at radius 2 is 1.95 bits per heavy atom. The summed E-state index contributed by atoms with van der Waals surface area (Å²) < 4.78 is 31.6. The average Bonchev–Trinajstić information content (AvgIpc) is 2.37. The highest BCUT2D eigenvalue weighted by Gasteiger charge is 2.12. The van der Waals surface area contributed by atoms with Gasteiger partial charge in [0.25, 0.3) is 0 Å². The minimum Gasteiger partial charge on any atom is -0.494 e. The topological polar surface area (TPSA) is 29.5 Å². The van der Waals surface area contributed by atoms with Gasteiger partial charge in [0.1, 0.15) is 5.82 Å². The van der Waals surface area contributed by atoms with Crippen LogP contribution in [-0.4, -0.2) is 12.2 Å². The van der Waals surface area contributed by atoms with E-state index in [0.29, 0.717) is 11.1 Å². The molecule has 0 fully saturated rings. The van der Waals surface area contributed by atoms with Crippen molar-refractivity contribution in [1.29, 1.82) is 0 Å². The van der Waals surface area contributed by atoms with E-state index in [9.17, 15) is 13.9 Å². The van der Waals surface area contributed by atoms with Crippen LogP contribution in [0.3, 0.4) is 0 Å². The van der Waals surface area contributed by atoms with Gasteiger partial charge in [-0.3, -0.25) is 0 Å². The average molecular weight is 299 g/mol. The lowest BCUT2D eigenvalue weighted by molar-refractivity contribution is 0.178. The van der Waals surface area contributed by atoms with Crippen molar-refractivity contribution in [2.24, 2.45) is 0 Å². The molecule has 5 heteroatoms. The zero-order valence-electron chi connectivity index (χ0n) is 10.7. The Kier molecular flexibility index (Phi) is 4.57. The number of hydrogen-bond donors (Lipinski definition) is 1. The van der Waals surface area contributed by atoms with Crippen LogP contribution in [0.25, 0.3) is 0 Å². The number of benzene rings is 2. The molecule has 2 nitrogen and oxygen atoms in total. The van der Waals surface area contributed by atoms with Crippen molar-refractivity contribution in [1.82, 2.24) is 0 Å².